The monoisotopic (exact) mass is 360 g/mol. The summed E-state index contributed by atoms with van der Waals surface area (Å²) in [6.07, 6.45) is 3.74. The van der Waals surface area contributed by atoms with Crippen LogP contribution < -0.4 is 0 Å². The van der Waals surface area contributed by atoms with Crippen molar-refractivity contribution in [2.75, 3.05) is 13.6 Å². The van der Waals surface area contributed by atoms with Gasteiger partial charge in [0.05, 0.1) is 0 Å². The van der Waals surface area contributed by atoms with Crippen LogP contribution in [0.2, 0.25) is 0 Å². The lowest BCUT2D eigenvalue weighted by atomic mass is 10.00. The van der Waals surface area contributed by atoms with Gasteiger partial charge in [-0.05, 0) is 43.1 Å². The van der Waals surface area contributed by atoms with Crippen molar-refractivity contribution in [2.45, 2.75) is 33.5 Å². The molecule has 0 bridgehead atoms. The molecule has 1 aliphatic heterocycles. The molecule has 0 radical (unpaired) electrons. The number of carbonyl (C=O) groups is 1. The topological polar surface area (TPSA) is 23.6 Å². The van der Waals surface area contributed by atoms with Gasteiger partial charge in [0.2, 0.25) is 0 Å². The zero-order valence-corrected chi connectivity index (χ0v) is 16.5. The van der Waals surface area contributed by atoms with Gasteiger partial charge < -0.3 is 4.90 Å². The van der Waals surface area contributed by atoms with Crippen LogP contribution in [0.1, 0.15) is 39.5 Å². The minimum Gasteiger partial charge on any atom is -0.330 e. The Hall–Kier alpha value is -2.65. The molecule has 0 unspecified atom stereocenters. The first kappa shape index (κ1) is 19.1. The molecular formula is C24H28N2O. The lowest BCUT2D eigenvalue weighted by molar-refractivity contribution is 0.0792. The number of hydrogen-bond acceptors (Lipinski definition) is 2. The number of benzene rings is 2. The first-order valence-corrected chi connectivity index (χ1v) is 9.40. The predicted octanol–water partition coefficient (Wildman–Crippen LogP) is 4.72. The maximum Gasteiger partial charge on any atom is 0.255 e. The van der Waals surface area contributed by atoms with Crippen LogP contribution in [0.5, 0.6) is 0 Å². The minimum absolute atomic E-state index is 0.142. The molecule has 140 valence electrons. The molecule has 0 saturated carbocycles. The van der Waals surface area contributed by atoms with E-state index in [9.17, 15) is 4.79 Å². The summed E-state index contributed by atoms with van der Waals surface area (Å²) in [5.74, 6) is 0.142. The summed E-state index contributed by atoms with van der Waals surface area (Å²) in [7, 11) is 2.14. The van der Waals surface area contributed by atoms with Gasteiger partial charge >= 0.3 is 0 Å². The highest BCUT2D eigenvalue weighted by Gasteiger charge is 2.29. The van der Waals surface area contributed by atoms with Crippen LogP contribution in [-0.4, -0.2) is 29.3 Å². The first-order valence-electron chi connectivity index (χ1n) is 9.40. The van der Waals surface area contributed by atoms with Crippen LogP contribution >= 0.6 is 0 Å². The molecule has 2 aromatic carbocycles. The number of carbonyl (C=O) groups excluding carboxylic acids is 1. The van der Waals surface area contributed by atoms with Crippen LogP contribution in [-0.2, 0) is 19.6 Å². The van der Waals surface area contributed by atoms with E-state index in [0.717, 1.165) is 35.4 Å². The van der Waals surface area contributed by atoms with Gasteiger partial charge in [-0.25, -0.2) is 0 Å². The highest BCUT2D eigenvalue weighted by molar-refractivity contribution is 6.00. The third-order valence-electron chi connectivity index (χ3n) is 4.93. The average Bonchev–Trinajstić information content (AvgIpc) is 2.91. The maximum absolute atomic E-state index is 12.8. The summed E-state index contributed by atoms with van der Waals surface area (Å²) in [6.45, 7) is 10.9. The average molecular weight is 361 g/mol. The first-order chi connectivity index (χ1) is 13.0. The van der Waals surface area contributed by atoms with E-state index in [4.69, 9.17) is 0 Å². The Morgan fingerprint density at radius 1 is 1.19 bits per heavy atom. The lowest BCUT2D eigenvalue weighted by Gasteiger charge is -2.18. The number of rotatable bonds is 7. The Labute approximate surface area is 162 Å². The summed E-state index contributed by atoms with van der Waals surface area (Å²) in [4.78, 5) is 17.0. The normalized spacial score (nSPS) is 14.0. The second-order valence-electron chi connectivity index (χ2n) is 7.51. The smallest absolute Gasteiger partial charge is 0.255 e. The van der Waals surface area contributed by atoms with Gasteiger partial charge in [0, 0.05) is 31.7 Å². The van der Waals surface area contributed by atoms with Gasteiger partial charge in [0.1, 0.15) is 0 Å². The molecule has 0 aliphatic carbocycles. The third kappa shape index (κ3) is 4.55. The van der Waals surface area contributed by atoms with Crippen molar-refractivity contribution in [3.05, 3.63) is 94.6 Å². The zero-order valence-electron chi connectivity index (χ0n) is 16.5. The van der Waals surface area contributed by atoms with E-state index >= 15 is 0 Å². The van der Waals surface area contributed by atoms with Crippen molar-refractivity contribution in [1.82, 2.24) is 9.80 Å². The standard InChI is InChI=1S/C24H28N2O/c1-5-9-18(2)14-26-17-22-13-21(12-19(3)23(22)24(26)27)16-25(4)15-20-10-7-6-8-11-20/h5-13H,1,14-17H2,2-4H3/b18-9+. The third-order valence-corrected chi connectivity index (χ3v) is 4.93. The highest BCUT2D eigenvalue weighted by Crippen LogP contribution is 2.28. The second kappa shape index (κ2) is 8.36. The number of nitrogens with zero attached hydrogens (tertiary/aromatic N) is 2. The lowest BCUT2D eigenvalue weighted by Crippen LogP contribution is -2.25. The molecule has 1 amide bonds. The van der Waals surface area contributed by atoms with Gasteiger partial charge in [0.25, 0.3) is 5.91 Å². The maximum atomic E-state index is 12.8. The van der Waals surface area contributed by atoms with Crippen molar-refractivity contribution >= 4 is 5.91 Å². The predicted molar refractivity (Wildman–Crippen MR) is 111 cm³/mol. The molecule has 3 rings (SSSR count). The van der Waals surface area contributed by atoms with Gasteiger partial charge in [0.15, 0.2) is 0 Å². The minimum atomic E-state index is 0.142. The molecule has 1 aliphatic rings. The van der Waals surface area contributed by atoms with Crippen LogP contribution in [0.15, 0.2) is 66.8 Å². The summed E-state index contributed by atoms with van der Waals surface area (Å²) in [5.41, 5.74) is 6.83. The van der Waals surface area contributed by atoms with Crippen LogP contribution in [0, 0.1) is 6.92 Å². The molecular weight excluding hydrogens is 332 g/mol. The van der Waals surface area contributed by atoms with Crippen molar-refractivity contribution in [1.29, 1.82) is 0 Å². The Morgan fingerprint density at radius 3 is 2.59 bits per heavy atom. The molecule has 0 fully saturated rings. The van der Waals surface area contributed by atoms with Crippen LogP contribution in [0.3, 0.4) is 0 Å². The van der Waals surface area contributed by atoms with Gasteiger partial charge in [-0.3, -0.25) is 9.69 Å². The number of fused-ring (bicyclic) bond motifs is 1. The van der Waals surface area contributed by atoms with E-state index in [0.29, 0.717) is 13.1 Å². The Balaban J connectivity index is 1.73. The fourth-order valence-electron chi connectivity index (χ4n) is 3.84. The second-order valence-corrected chi connectivity index (χ2v) is 7.51. The van der Waals surface area contributed by atoms with E-state index in [1.807, 2.05) is 30.9 Å². The molecule has 0 N–H and O–H groups in total. The van der Waals surface area contributed by atoms with Gasteiger partial charge in [-0.15, -0.1) is 0 Å². The van der Waals surface area contributed by atoms with Gasteiger partial charge in [-0.2, -0.15) is 0 Å². The van der Waals surface area contributed by atoms with Crippen LogP contribution in [0.4, 0.5) is 0 Å². The van der Waals surface area contributed by atoms with E-state index in [1.165, 1.54) is 11.1 Å². The van der Waals surface area contributed by atoms with Crippen molar-refractivity contribution in [3.63, 3.8) is 0 Å². The van der Waals surface area contributed by atoms with Crippen molar-refractivity contribution in [2.24, 2.45) is 0 Å². The molecule has 3 nitrogen and oxygen atoms in total. The quantitative estimate of drug-likeness (QED) is 0.667. The Bertz CT molecular complexity index is 867. The number of amides is 1. The number of aryl methyl sites for hydroxylation is 1. The molecule has 2 aromatic rings. The molecule has 27 heavy (non-hydrogen) atoms. The molecule has 1 heterocycles. The SMILES string of the molecule is C=C/C=C(\C)CN1Cc2cc(CN(C)Cc3ccccc3)cc(C)c2C1=O. The summed E-state index contributed by atoms with van der Waals surface area (Å²) in [6, 6.07) is 14.9. The van der Waals surface area contributed by atoms with Gasteiger partial charge in [-0.1, -0.05) is 66.8 Å². The Morgan fingerprint density at radius 2 is 1.89 bits per heavy atom. The zero-order chi connectivity index (χ0) is 19.4. The Kier molecular flexibility index (Phi) is 5.92. The largest absolute Gasteiger partial charge is 0.330 e. The summed E-state index contributed by atoms with van der Waals surface area (Å²) in [5, 5.41) is 0. The molecule has 3 heteroatoms. The molecule has 0 spiro atoms. The molecule has 0 aromatic heterocycles. The van der Waals surface area contributed by atoms with Crippen molar-refractivity contribution < 1.29 is 4.79 Å². The molecule has 0 atom stereocenters. The van der Waals surface area contributed by atoms with E-state index in [1.54, 1.807) is 6.08 Å². The number of allylic oxidation sites excluding steroid dienone is 2. The highest BCUT2D eigenvalue weighted by atomic mass is 16.2. The van der Waals surface area contributed by atoms with E-state index in [2.05, 4.69) is 54.9 Å². The van der Waals surface area contributed by atoms with E-state index < -0.39 is 0 Å². The van der Waals surface area contributed by atoms with E-state index in [-0.39, 0.29) is 5.91 Å². The fraction of sp³-hybridized carbons (Fsp3) is 0.292. The van der Waals surface area contributed by atoms with Crippen molar-refractivity contribution in [3.8, 4) is 0 Å². The summed E-state index contributed by atoms with van der Waals surface area (Å²) < 4.78 is 0. The molecule has 0 saturated heterocycles. The van der Waals surface area contributed by atoms with Crippen LogP contribution in [0.25, 0.3) is 0 Å². The summed E-state index contributed by atoms with van der Waals surface area (Å²) >= 11 is 0. The fourth-order valence-corrected chi connectivity index (χ4v) is 3.84. The number of hydrogen-bond donors (Lipinski definition) is 0.